The van der Waals surface area contributed by atoms with Gasteiger partial charge in [0.2, 0.25) is 5.91 Å². The number of anilines is 1. The van der Waals surface area contributed by atoms with Crippen molar-refractivity contribution in [3.8, 4) is 5.75 Å². The van der Waals surface area contributed by atoms with Gasteiger partial charge in [0.25, 0.3) is 0 Å². The van der Waals surface area contributed by atoms with E-state index in [2.05, 4.69) is 15.5 Å². The Morgan fingerprint density at radius 3 is 2.65 bits per heavy atom. The highest BCUT2D eigenvalue weighted by atomic mass is 32.2. The van der Waals surface area contributed by atoms with Gasteiger partial charge in [-0.25, -0.2) is 0 Å². The van der Waals surface area contributed by atoms with E-state index in [1.807, 2.05) is 42.8 Å². The molecule has 6 nitrogen and oxygen atoms in total. The molecule has 1 amide bonds. The molecule has 1 aromatic heterocycles. The maximum absolute atomic E-state index is 12.2. The molecule has 1 heterocycles. The Kier molecular flexibility index (Phi) is 6.55. The van der Waals surface area contributed by atoms with Crippen molar-refractivity contribution < 1.29 is 9.53 Å². The zero-order chi connectivity index (χ0) is 18.4. The highest BCUT2D eigenvalue weighted by Gasteiger charge is 2.22. The monoisotopic (exact) mass is 374 g/mol. The Morgan fingerprint density at radius 2 is 1.96 bits per heavy atom. The second-order valence-corrected chi connectivity index (χ2v) is 7.47. The van der Waals surface area contributed by atoms with Crippen LogP contribution in [0.1, 0.15) is 50.8 Å². The first kappa shape index (κ1) is 18.8. The summed E-state index contributed by atoms with van der Waals surface area (Å²) in [5, 5.41) is 12.4. The first-order chi connectivity index (χ1) is 12.7. The van der Waals surface area contributed by atoms with Gasteiger partial charge in [0.15, 0.2) is 5.16 Å². The zero-order valence-electron chi connectivity index (χ0n) is 15.4. The number of amides is 1. The van der Waals surface area contributed by atoms with Gasteiger partial charge in [0.1, 0.15) is 11.6 Å². The van der Waals surface area contributed by atoms with E-state index in [9.17, 15) is 4.79 Å². The summed E-state index contributed by atoms with van der Waals surface area (Å²) in [6, 6.07) is 7.39. The fourth-order valence-corrected chi connectivity index (χ4v) is 4.01. The molecule has 0 radical (unpaired) electrons. The van der Waals surface area contributed by atoms with Crippen LogP contribution in [0, 0.1) is 0 Å². The molecule has 0 unspecified atom stereocenters. The molecule has 1 aromatic carbocycles. The summed E-state index contributed by atoms with van der Waals surface area (Å²) in [7, 11) is 2.00. The molecule has 0 bridgehead atoms. The number of ether oxygens (including phenoxy) is 1. The Balaban J connectivity index is 1.52. The van der Waals surface area contributed by atoms with Crippen molar-refractivity contribution in [2.24, 2.45) is 7.05 Å². The van der Waals surface area contributed by atoms with E-state index in [0.29, 0.717) is 18.3 Å². The number of benzene rings is 1. The van der Waals surface area contributed by atoms with Crippen molar-refractivity contribution in [1.29, 1.82) is 0 Å². The van der Waals surface area contributed by atoms with E-state index in [1.165, 1.54) is 43.9 Å². The lowest BCUT2D eigenvalue weighted by Gasteiger charge is -2.20. The topological polar surface area (TPSA) is 69.0 Å². The smallest absolute Gasteiger partial charge is 0.234 e. The van der Waals surface area contributed by atoms with E-state index in [-0.39, 0.29) is 5.91 Å². The SMILES string of the molecule is CCOc1ccc(NC(=O)CSc2nnc(C3CCCCC3)n2C)cc1. The molecular formula is C19H26N4O2S. The van der Waals surface area contributed by atoms with Crippen molar-refractivity contribution in [2.45, 2.75) is 50.1 Å². The van der Waals surface area contributed by atoms with Gasteiger partial charge in [0, 0.05) is 18.7 Å². The van der Waals surface area contributed by atoms with Crippen LogP contribution in [0.25, 0.3) is 0 Å². The number of hydrogen-bond acceptors (Lipinski definition) is 5. The molecule has 1 N–H and O–H groups in total. The van der Waals surface area contributed by atoms with E-state index < -0.39 is 0 Å². The van der Waals surface area contributed by atoms with Gasteiger partial charge in [0.05, 0.1) is 12.4 Å². The van der Waals surface area contributed by atoms with E-state index in [4.69, 9.17) is 4.74 Å². The first-order valence-electron chi connectivity index (χ1n) is 9.22. The predicted octanol–water partition coefficient (Wildman–Crippen LogP) is 3.99. The number of carbonyl (C=O) groups is 1. The van der Waals surface area contributed by atoms with Gasteiger partial charge in [-0.1, -0.05) is 31.0 Å². The minimum atomic E-state index is -0.0543. The first-order valence-corrected chi connectivity index (χ1v) is 10.2. The van der Waals surface area contributed by atoms with Crippen LogP contribution < -0.4 is 10.1 Å². The molecule has 26 heavy (non-hydrogen) atoms. The summed E-state index contributed by atoms with van der Waals surface area (Å²) in [5.74, 6) is 2.62. The van der Waals surface area contributed by atoms with Crippen molar-refractivity contribution in [3.63, 3.8) is 0 Å². The lowest BCUT2D eigenvalue weighted by atomic mass is 9.89. The molecule has 3 rings (SSSR count). The summed E-state index contributed by atoms with van der Waals surface area (Å²) in [5.41, 5.74) is 0.764. The van der Waals surface area contributed by atoms with Gasteiger partial charge in [-0.05, 0) is 44.0 Å². The fourth-order valence-electron chi connectivity index (χ4n) is 3.30. The molecule has 0 spiro atoms. The maximum atomic E-state index is 12.2. The van der Waals surface area contributed by atoms with Gasteiger partial charge in [-0.3, -0.25) is 4.79 Å². The average molecular weight is 375 g/mol. The molecule has 0 saturated heterocycles. The highest BCUT2D eigenvalue weighted by Crippen LogP contribution is 2.32. The largest absolute Gasteiger partial charge is 0.494 e. The Morgan fingerprint density at radius 1 is 1.23 bits per heavy atom. The van der Waals surface area contributed by atoms with Crippen LogP contribution >= 0.6 is 11.8 Å². The van der Waals surface area contributed by atoms with Crippen LogP contribution in [0.5, 0.6) is 5.75 Å². The quantitative estimate of drug-likeness (QED) is 0.742. The molecule has 1 saturated carbocycles. The second kappa shape index (κ2) is 9.07. The number of aromatic nitrogens is 3. The van der Waals surface area contributed by atoms with Crippen LogP contribution in [0.2, 0.25) is 0 Å². The number of rotatable bonds is 7. The zero-order valence-corrected chi connectivity index (χ0v) is 16.2. The van der Waals surface area contributed by atoms with Crippen molar-refractivity contribution in [2.75, 3.05) is 17.7 Å². The maximum Gasteiger partial charge on any atom is 0.234 e. The van der Waals surface area contributed by atoms with E-state index >= 15 is 0 Å². The molecule has 140 valence electrons. The molecule has 1 aliphatic carbocycles. The second-order valence-electron chi connectivity index (χ2n) is 6.53. The van der Waals surface area contributed by atoms with Gasteiger partial charge in [-0.15, -0.1) is 10.2 Å². The Labute approximate surface area is 158 Å². The number of hydrogen-bond donors (Lipinski definition) is 1. The van der Waals surface area contributed by atoms with Crippen molar-refractivity contribution >= 4 is 23.4 Å². The van der Waals surface area contributed by atoms with Crippen LogP contribution in [-0.2, 0) is 11.8 Å². The normalized spacial score (nSPS) is 15.0. The third-order valence-corrected chi connectivity index (χ3v) is 5.64. The van der Waals surface area contributed by atoms with Crippen molar-refractivity contribution in [3.05, 3.63) is 30.1 Å². The minimum Gasteiger partial charge on any atom is -0.494 e. The molecular weight excluding hydrogens is 348 g/mol. The number of nitrogens with zero attached hydrogens (tertiary/aromatic N) is 3. The lowest BCUT2D eigenvalue weighted by Crippen LogP contribution is -2.15. The Bertz CT molecular complexity index is 724. The third kappa shape index (κ3) is 4.78. The summed E-state index contributed by atoms with van der Waals surface area (Å²) in [6.07, 6.45) is 6.24. The lowest BCUT2D eigenvalue weighted by molar-refractivity contribution is -0.113. The van der Waals surface area contributed by atoms with Crippen LogP contribution in [0.3, 0.4) is 0 Å². The highest BCUT2D eigenvalue weighted by molar-refractivity contribution is 7.99. The van der Waals surface area contributed by atoms with Crippen LogP contribution in [-0.4, -0.2) is 33.0 Å². The molecule has 1 fully saturated rings. The van der Waals surface area contributed by atoms with Crippen LogP contribution in [0.15, 0.2) is 29.4 Å². The standard InChI is InChI=1S/C19H26N4O2S/c1-3-25-16-11-9-15(10-12-16)20-17(24)13-26-19-22-21-18(23(19)2)14-7-5-4-6-8-14/h9-12,14H,3-8,13H2,1-2H3,(H,20,24). The van der Waals surface area contributed by atoms with Gasteiger partial charge >= 0.3 is 0 Å². The molecule has 0 aliphatic heterocycles. The van der Waals surface area contributed by atoms with Gasteiger partial charge in [-0.2, -0.15) is 0 Å². The van der Waals surface area contributed by atoms with E-state index in [0.717, 1.165) is 22.4 Å². The Hall–Kier alpha value is -2.02. The molecule has 1 aliphatic rings. The summed E-state index contributed by atoms with van der Waals surface area (Å²) in [6.45, 7) is 2.57. The van der Waals surface area contributed by atoms with Crippen LogP contribution in [0.4, 0.5) is 5.69 Å². The summed E-state index contributed by atoms with van der Waals surface area (Å²) in [4.78, 5) is 12.2. The summed E-state index contributed by atoms with van der Waals surface area (Å²) >= 11 is 1.42. The molecule has 7 heteroatoms. The molecule has 0 atom stereocenters. The minimum absolute atomic E-state index is 0.0543. The fraction of sp³-hybridized carbons (Fsp3) is 0.526. The number of carbonyl (C=O) groups excluding carboxylic acids is 1. The average Bonchev–Trinajstić information content (AvgIpc) is 3.03. The number of thioether (sulfide) groups is 1. The van der Waals surface area contributed by atoms with E-state index in [1.54, 1.807) is 0 Å². The van der Waals surface area contributed by atoms with Gasteiger partial charge < -0.3 is 14.6 Å². The molecule has 2 aromatic rings. The number of nitrogens with one attached hydrogen (secondary N) is 1. The third-order valence-electron chi connectivity index (χ3n) is 4.62. The predicted molar refractivity (Wildman–Crippen MR) is 104 cm³/mol. The van der Waals surface area contributed by atoms with Crippen molar-refractivity contribution in [1.82, 2.24) is 14.8 Å². The summed E-state index contributed by atoms with van der Waals surface area (Å²) < 4.78 is 7.45.